The summed E-state index contributed by atoms with van der Waals surface area (Å²) >= 11 is 1.69. The third-order valence-electron chi connectivity index (χ3n) is 5.23. The maximum absolute atomic E-state index is 12.1. The smallest absolute Gasteiger partial charge is 0.337 e. The van der Waals surface area contributed by atoms with Gasteiger partial charge in [0.05, 0.1) is 5.56 Å². The van der Waals surface area contributed by atoms with Gasteiger partial charge in [0, 0.05) is 16.3 Å². The van der Waals surface area contributed by atoms with E-state index in [2.05, 4.69) is 44.9 Å². The molecule has 0 atom stereocenters. The summed E-state index contributed by atoms with van der Waals surface area (Å²) in [5.74, 6) is -0.788. The van der Waals surface area contributed by atoms with Crippen LogP contribution in [0.2, 0.25) is 0 Å². The van der Waals surface area contributed by atoms with Crippen LogP contribution in [-0.2, 0) is 19.4 Å². The number of hydrogen-bond acceptors (Lipinski definition) is 3. The second-order valence-corrected chi connectivity index (χ2v) is 8.95. The van der Waals surface area contributed by atoms with E-state index < -0.39 is 5.97 Å². The van der Waals surface area contributed by atoms with Crippen LogP contribution in [-0.4, -0.2) is 29.6 Å². The van der Waals surface area contributed by atoms with Crippen LogP contribution in [0.1, 0.15) is 53.6 Å². The van der Waals surface area contributed by atoms with Gasteiger partial charge in [0.2, 0.25) is 0 Å². The molecule has 0 spiro atoms. The van der Waals surface area contributed by atoms with Crippen LogP contribution in [0.15, 0.2) is 24.3 Å². The molecule has 1 aliphatic rings. The highest BCUT2D eigenvalue weighted by molar-refractivity contribution is 7.16. The van der Waals surface area contributed by atoms with Crippen molar-refractivity contribution in [1.29, 1.82) is 0 Å². The van der Waals surface area contributed by atoms with Crippen molar-refractivity contribution in [2.45, 2.75) is 46.6 Å². The van der Waals surface area contributed by atoms with Gasteiger partial charge in [0.25, 0.3) is 0 Å². The number of carboxylic acids is 1. The minimum Gasteiger partial charge on any atom is -0.478 e. The number of aryl methyl sites for hydroxylation is 1. The van der Waals surface area contributed by atoms with Crippen LogP contribution in [0.25, 0.3) is 10.4 Å². The fourth-order valence-corrected chi connectivity index (χ4v) is 4.99. The molecule has 0 aliphatic heterocycles. The Kier molecular flexibility index (Phi) is 5.03. The Balaban J connectivity index is 2.13. The lowest BCUT2D eigenvalue weighted by molar-refractivity contribution is 0.0696. The maximum Gasteiger partial charge on any atom is 0.337 e. The number of nitrogens with zero attached hydrogens (tertiary/aromatic N) is 1. The number of fused-ring (bicyclic) bond motifs is 1. The van der Waals surface area contributed by atoms with E-state index in [9.17, 15) is 9.90 Å². The van der Waals surface area contributed by atoms with Crippen molar-refractivity contribution in [2.75, 3.05) is 13.6 Å². The fourth-order valence-electron chi connectivity index (χ4n) is 3.62. The highest BCUT2D eigenvalue weighted by Crippen LogP contribution is 2.45. The Morgan fingerprint density at radius 2 is 2.04 bits per heavy atom. The van der Waals surface area contributed by atoms with Gasteiger partial charge >= 0.3 is 5.97 Å². The minimum atomic E-state index is -0.788. The van der Waals surface area contributed by atoms with Crippen LogP contribution in [0.4, 0.5) is 0 Å². The predicted molar refractivity (Wildman–Crippen MR) is 105 cm³/mol. The first-order chi connectivity index (χ1) is 11.8. The van der Waals surface area contributed by atoms with Crippen molar-refractivity contribution in [1.82, 2.24) is 4.90 Å². The highest BCUT2D eigenvalue weighted by atomic mass is 32.1. The van der Waals surface area contributed by atoms with Crippen LogP contribution in [0, 0.1) is 5.41 Å². The van der Waals surface area contributed by atoms with E-state index in [1.165, 1.54) is 10.4 Å². The number of carboxylic acid groups (broad SMARTS) is 1. The molecule has 1 aliphatic carbocycles. The Morgan fingerprint density at radius 1 is 1.32 bits per heavy atom. The summed E-state index contributed by atoms with van der Waals surface area (Å²) in [6, 6.07) is 8.25. The summed E-state index contributed by atoms with van der Waals surface area (Å²) in [6.07, 6.45) is 2.97. The maximum atomic E-state index is 12.1. The molecule has 3 nitrogen and oxygen atoms in total. The van der Waals surface area contributed by atoms with Crippen molar-refractivity contribution in [3.63, 3.8) is 0 Å². The SMILES string of the molecule is CCN(C)Cc1ccccc1-c1sc2c(c1C(=O)O)CC(C)(C)CC2. The van der Waals surface area contributed by atoms with Gasteiger partial charge in [-0.15, -0.1) is 11.3 Å². The summed E-state index contributed by atoms with van der Waals surface area (Å²) in [5.41, 5.74) is 4.07. The number of rotatable bonds is 5. The van der Waals surface area contributed by atoms with Gasteiger partial charge in [0.1, 0.15) is 0 Å². The molecule has 0 saturated carbocycles. The van der Waals surface area contributed by atoms with Gasteiger partial charge in [-0.05, 0) is 55.0 Å². The zero-order valence-electron chi connectivity index (χ0n) is 15.6. The Bertz CT molecular complexity index is 791. The Morgan fingerprint density at radius 3 is 2.72 bits per heavy atom. The number of carbonyl (C=O) groups is 1. The molecule has 0 fully saturated rings. The molecular weight excluding hydrogens is 330 g/mol. The van der Waals surface area contributed by atoms with E-state index >= 15 is 0 Å². The van der Waals surface area contributed by atoms with Gasteiger partial charge in [0.15, 0.2) is 0 Å². The van der Waals surface area contributed by atoms with E-state index in [0.717, 1.165) is 48.4 Å². The number of aromatic carboxylic acids is 1. The normalized spacial score (nSPS) is 16.0. The Labute approximate surface area is 154 Å². The number of thiophene rings is 1. The van der Waals surface area contributed by atoms with Crippen LogP contribution in [0.5, 0.6) is 0 Å². The summed E-state index contributed by atoms with van der Waals surface area (Å²) < 4.78 is 0. The summed E-state index contributed by atoms with van der Waals surface area (Å²) in [4.78, 5) is 16.6. The third kappa shape index (κ3) is 3.65. The molecule has 0 radical (unpaired) electrons. The van der Waals surface area contributed by atoms with Crippen molar-refractivity contribution in [3.8, 4) is 10.4 Å². The van der Waals surface area contributed by atoms with Crippen LogP contribution < -0.4 is 0 Å². The number of hydrogen-bond donors (Lipinski definition) is 1. The lowest BCUT2D eigenvalue weighted by atomic mass is 9.76. The molecule has 4 heteroatoms. The molecule has 1 N–H and O–H groups in total. The highest BCUT2D eigenvalue weighted by Gasteiger charge is 2.33. The molecule has 0 bridgehead atoms. The molecule has 0 unspecified atom stereocenters. The molecule has 1 aromatic heterocycles. The van der Waals surface area contributed by atoms with Gasteiger partial charge in [-0.1, -0.05) is 45.0 Å². The van der Waals surface area contributed by atoms with E-state index in [4.69, 9.17) is 0 Å². The monoisotopic (exact) mass is 357 g/mol. The fraction of sp³-hybridized carbons (Fsp3) is 0.476. The van der Waals surface area contributed by atoms with Crippen LogP contribution in [0.3, 0.4) is 0 Å². The van der Waals surface area contributed by atoms with Crippen molar-refractivity contribution < 1.29 is 9.90 Å². The average Bonchev–Trinajstić information content (AvgIpc) is 2.92. The van der Waals surface area contributed by atoms with E-state index in [1.807, 2.05) is 12.1 Å². The molecule has 1 aromatic carbocycles. The lowest BCUT2D eigenvalue weighted by Gasteiger charge is -2.29. The van der Waals surface area contributed by atoms with Gasteiger partial charge in [-0.2, -0.15) is 0 Å². The minimum absolute atomic E-state index is 0.178. The molecule has 2 aromatic rings. The summed E-state index contributed by atoms with van der Waals surface area (Å²) in [6.45, 7) is 8.42. The standard InChI is InChI=1S/C21H27NO2S/c1-5-22(4)13-14-8-6-7-9-15(14)19-18(20(23)24)16-12-21(2,3)11-10-17(16)25-19/h6-9H,5,10-13H2,1-4H3,(H,23,24). The number of benzene rings is 1. The summed E-state index contributed by atoms with van der Waals surface area (Å²) in [5, 5.41) is 9.96. The lowest BCUT2D eigenvalue weighted by Crippen LogP contribution is -2.22. The van der Waals surface area contributed by atoms with Crippen LogP contribution >= 0.6 is 11.3 Å². The predicted octanol–water partition coefficient (Wildman–Crippen LogP) is 5.08. The van der Waals surface area contributed by atoms with Gasteiger partial charge in [-0.25, -0.2) is 4.79 Å². The van der Waals surface area contributed by atoms with Gasteiger partial charge in [-0.3, -0.25) is 0 Å². The average molecular weight is 358 g/mol. The zero-order chi connectivity index (χ0) is 18.2. The molecule has 134 valence electrons. The quantitative estimate of drug-likeness (QED) is 0.811. The van der Waals surface area contributed by atoms with E-state index in [1.54, 1.807) is 11.3 Å². The van der Waals surface area contributed by atoms with Crippen molar-refractivity contribution in [3.05, 3.63) is 45.8 Å². The second kappa shape index (κ2) is 6.93. The first-order valence-corrected chi connectivity index (χ1v) is 9.78. The first kappa shape index (κ1) is 18.2. The third-order valence-corrected chi connectivity index (χ3v) is 6.56. The first-order valence-electron chi connectivity index (χ1n) is 8.97. The summed E-state index contributed by atoms with van der Waals surface area (Å²) in [7, 11) is 2.09. The molecule has 0 amide bonds. The van der Waals surface area contributed by atoms with E-state index in [0.29, 0.717) is 5.56 Å². The largest absolute Gasteiger partial charge is 0.478 e. The molecule has 25 heavy (non-hydrogen) atoms. The molecule has 3 rings (SSSR count). The Hall–Kier alpha value is -1.65. The second-order valence-electron chi connectivity index (χ2n) is 7.84. The van der Waals surface area contributed by atoms with Gasteiger partial charge < -0.3 is 10.0 Å². The van der Waals surface area contributed by atoms with Crippen molar-refractivity contribution >= 4 is 17.3 Å². The van der Waals surface area contributed by atoms with E-state index in [-0.39, 0.29) is 5.41 Å². The topological polar surface area (TPSA) is 40.5 Å². The zero-order valence-corrected chi connectivity index (χ0v) is 16.4. The molecule has 1 heterocycles. The molecule has 0 saturated heterocycles. The molecular formula is C21H27NO2S. The van der Waals surface area contributed by atoms with Crippen molar-refractivity contribution in [2.24, 2.45) is 5.41 Å².